The molecule has 2 N–H and O–H groups in total. The van der Waals surface area contributed by atoms with Crippen LogP contribution < -0.4 is 10.1 Å². The van der Waals surface area contributed by atoms with Gasteiger partial charge in [-0.05, 0) is 50.6 Å². The maximum Gasteiger partial charge on any atom is 0.321 e. The standard InChI is InChI=1S/C22H27N3O4/c1-24(16-21(26)27)18-8-6-13-25(14-12-18)22(28)23-17-7-5-11-20(15-17)29-19-9-3-2-4-10-19/h2-5,7,9-11,15,18H,6,8,12-14,16H2,1H3,(H,23,28)(H,26,27). The molecule has 1 unspecified atom stereocenters. The Labute approximate surface area is 170 Å². The summed E-state index contributed by atoms with van der Waals surface area (Å²) in [6.07, 6.45) is 2.49. The summed E-state index contributed by atoms with van der Waals surface area (Å²) in [7, 11) is 1.83. The van der Waals surface area contributed by atoms with Gasteiger partial charge in [0.2, 0.25) is 0 Å². The van der Waals surface area contributed by atoms with Crippen LogP contribution in [0.25, 0.3) is 0 Å². The van der Waals surface area contributed by atoms with Gasteiger partial charge in [-0.15, -0.1) is 0 Å². The van der Waals surface area contributed by atoms with E-state index in [1.54, 1.807) is 11.0 Å². The van der Waals surface area contributed by atoms with E-state index in [1.165, 1.54) is 0 Å². The van der Waals surface area contributed by atoms with Crippen molar-refractivity contribution in [1.82, 2.24) is 9.80 Å². The first-order chi connectivity index (χ1) is 14.0. The van der Waals surface area contributed by atoms with Gasteiger partial charge < -0.3 is 20.1 Å². The van der Waals surface area contributed by atoms with Crippen molar-refractivity contribution in [2.45, 2.75) is 25.3 Å². The minimum Gasteiger partial charge on any atom is -0.480 e. The van der Waals surface area contributed by atoms with E-state index in [9.17, 15) is 9.59 Å². The number of carbonyl (C=O) groups excluding carboxylic acids is 1. The summed E-state index contributed by atoms with van der Waals surface area (Å²) >= 11 is 0. The average Bonchev–Trinajstić information content (AvgIpc) is 2.95. The van der Waals surface area contributed by atoms with Crippen molar-refractivity contribution in [2.24, 2.45) is 0 Å². The highest BCUT2D eigenvalue weighted by Gasteiger charge is 2.24. The van der Waals surface area contributed by atoms with Crippen molar-refractivity contribution >= 4 is 17.7 Å². The number of ether oxygens (including phenoxy) is 1. The molecule has 1 aliphatic heterocycles. The van der Waals surface area contributed by atoms with Crippen LogP contribution in [0.1, 0.15) is 19.3 Å². The fraction of sp³-hybridized carbons (Fsp3) is 0.364. The molecule has 154 valence electrons. The van der Waals surface area contributed by atoms with Crippen LogP contribution in [0.15, 0.2) is 54.6 Å². The molecule has 2 amide bonds. The average molecular weight is 397 g/mol. The second kappa shape index (κ2) is 9.93. The van der Waals surface area contributed by atoms with E-state index in [-0.39, 0.29) is 18.6 Å². The minimum atomic E-state index is -0.830. The summed E-state index contributed by atoms with van der Waals surface area (Å²) in [6, 6.07) is 16.8. The third-order valence-corrected chi connectivity index (χ3v) is 5.06. The number of likely N-dealkylation sites (tertiary alicyclic amines) is 1. The lowest BCUT2D eigenvalue weighted by Gasteiger charge is -2.25. The number of rotatable bonds is 6. The van der Waals surface area contributed by atoms with Gasteiger partial charge in [-0.2, -0.15) is 0 Å². The molecule has 2 aromatic carbocycles. The molecule has 0 aliphatic carbocycles. The van der Waals surface area contributed by atoms with Crippen molar-refractivity contribution in [3.8, 4) is 11.5 Å². The number of nitrogens with one attached hydrogen (secondary N) is 1. The van der Waals surface area contributed by atoms with Crippen molar-refractivity contribution in [2.75, 3.05) is 32.0 Å². The molecule has 0 saturated carbocycles. The molecule has 2 aromatic rings. The number of anilines is 1. The van der Waals surface area contributed by atoms with E-state index in [2.05, 4.69) is 5.32 Å². The lowest BCUT2D eigenvalue weighted by Crippen LogP contribution is -2.38. The van der Waals surface area contributed by atoms with Gasteiger partial charge in [-0.3, -0.25) is 9.69 Å². The number of para-hydroxylation sites is 1. The maximum atomic E-state index is 12.7. The van der Waals surface area contributed by atoms with E-state index in [4.69, 9.17) is 9.84 Å². The summed E-state index contributed by atoms with van der Waals surface area (Å²) < 4.78 is 5.82. The van der Waals surface area contributed by atoms with Crippen LogP contribution in [0, 0.1) is 0 Å². The number of urea groups is 1. The predicted molar refractivity (Wildman–Crippen MR) is 111 cm³/mol. The predicted octanol–water partition coefficient (Wildman–Crippen LogP) is 3.88. The van der Waals surface area contributed by atoms with Gasteiger partial charge in [0.25, 0.3) is 0 Å². The molecule has 3 rings (SSSR count). The SMILES string of the molecule is CN(CC(=O)O)C1CCCN(C(=O)Nc2cccc(Oc3ccccc3)c2)CC1. The molecule has 1 fully saturated rings. The van der Waals surface area contributed by atoms with Gasteiger partial charge in [0.05, 0.1) is 6.54 Å². The Morgan fingerprint density at radius 2 is 1.86 bits per heavy atom. The van der Waals surface area contributed by atoms with Gasteiger partial charge in [-0.1, -0.05) is 24.3 Å². The van der Waals surface area contributed by atoms with Crippen LogP contribution in [0.5, 0.6) is 11.5 Å². The van der Waals surface area contributed by atoms with Crippen LogP contribution in [0.4, 0.5) is 10.5 Å². The van der Waals surface area contributed by atoms with E-state index in [1.807, 2.05) is 60.5 Å². The van der Waals surface area contributed by atoms with Crippen molar-refractivity contribution < 1.29 is 19.4 Å². The highest BCUT2D eigenvalue weighted by molar-refractivity contribution is 5.89. The third kappa shape index (κ3) is 6.22. The molecule has 1 atom stereocenters. The lowest BCUT2D eigenvalue weighted by atomic mass is 10.1. The number of aliphatic carboxylic acids is 1. The van der Waals surface area contributed by atoms with Crippen molar-refractivity contribution in [1.29, 1.82) is 0 Å². The van der Waals surface area contributed by atoms with Gasteiger partial charge >= 0.3 is 12.0 Å². The monoisotopic (exact) mass is 397 g/mol. The van der Waals surface area contributed by atoms with E-state index in [0.29, 0.717) is 24.5 Å². The number of carboxylic acids is 1. The number of amides is 2. The zero-order valence-electron chi connectivity index (χ0n) is 16.6. The summed E-state index contributed by atoms with van der Waals surface area (Å²) in [5.74, 6) is 0.559. The number of likely N-dealkylation sites (N-methyl/N-ethyl adjacent to an activating group) is 1. The minimum absolute atomic E-state index is 0.0189. The van der Waals surface area contributed by atoms with Gasteiger partial charge in [0, 0.05) is 30.9 Å². The number of nitrogens with zero attached hydrogens (tertiary/aromatic N) is 2. The summed E-state index contributed by atoms with van der Waals surface area (Å²) in [6.45, 7) is 1.27. The number of carboxylic acid groups (broad SMARTS) is 1. The molecule has 1 heterocycles. The van der Waals surface area contributed by atoms with Gasteiger partial charge in [0.15, 0.2) is 0 Å². The van der Waals surface area contributed by atoms with E-state index in [0.717, 1.165) is 25.0 Å². The molecule has 1 aliphatic rings. The Bertz CT molecular complexity index is 828. The molecule has 0 bridgehead atoms. The largest absolute Gasteiger partial charge is 0.480 e. The number of hydrogen-bond donors (Lipinski definition) is 2. The zero-order valence-corrected chi connectivity index (χ0v) is 16.6. The van der Waals surface area contributed by atoms with Crippen LogP contribution in [0.2, 0.25) is 0 Å². The van der Waals surface area contributed by atoms with Crippen LogP contribution in [0.3, 0.4) is 0 Å². The second-order valence-corrected chi connectivity index (χ2v) is 7.25. The molecule has 1 saturated heterocycles. The summed E-state index contributed by atoms with van der Waals surface area (Å²) in [5.41, 5.74) is 0.673. The molecular weight excluding hydrogens is 370 g/mol. The van der Waals surface area contributed by atoms with Gasteiger partial charge in [-0.25, -0.2) is 4.79 Å². The van der Waals surface area contributed by atoms with E-state index >= 15 is 0 Å². The Kier molecular flexibility index (Phi) is 7.08. The first-order valence-corrected chi connectivity index (χ1v) is 9.82. The summed E-state index contributed by atoms with van der Waals surface area (Å²) in [5, 5.41) is 11.9. The Hall–Kier alpha value is -3.06. The number of benzene rings is 2. The molecule has 7 nitrogen and oxygen atoms in total. The highest BCUT2D eigenvalue weighted by atomic mass is 16.5. The summed E-state index contributed by atoms with van der Waals surface area (Å²) in [4.78, 5) is 27.3. The number of carbonyl (C=O) groups is 2. The molecule has 0 radical (unpaired) electrons. The van der Waals surface area contributed by atoms with Crippen molar-refractivity contribution in [3.05, 3.63) is 54.6 Å². The topological polar surface area (TPSA) is 82.1 Å². The Morgan fingerprint density at radius 1 is 1.10 bits per heavy atom. The molecule has 0 aromatic heterocycles. The lowest BCUT2D eigenvalue weighted by molar-refractivity contribution is -0.138. The molecule has 29 heavy (non-hydrogen) atoms. The van der Waals surface area contributed by atoms with Gasteiger partial charge in [0.1, 0.15) is 11.5 Å². The molecule has 7 heteroatoms. The first kappa shape index (κ1) is 20.7. The maximum absolute atomic E-state index is 12.7. The van der Waals surface area contributed by atoms with Crippen molar-refractivity contribution in [3.63, 3.8) is 0 Å². The fourth-order valence-electron chi connectivity index (χ4n) is 3.53. The van der Waals surface area contributed by atoms with Crippen LogP contribution >= 0.6 is 0 Å². The molecular formula is C22H27N3O4. The van der Waals surface area contributed by atoms with Crippen LogP contribution in [-0.2, 0) is 4.79 Å². The third-order valence-electron chi connectivity index (χ3n) is 5.06. The quantitative estimate of drug-likeness (QED) is 0.773. The Morgan fingerprint density at radius 3 is 2.62 bits per heavy atom. The second-order valence-electron chi connectivity index (χ2n) is 7.25. The number of hydrogen-bond acceptors (Lipinski definition) is 4. The van der Waals surface area contributed by atoms with E-state index < -0.39 is 5.97 Å². The fourth-order valence-corrected chi connectivity index (χ4v) is 3.53. The zero-order chi connectivity index (χ0) is 20.6. The first-order valence-electron chi connectivity index (χ1n) is 9.82. The van der Waals surface area contributed by atoms with Crippen LogP contribution in [-0.4, -0.2) is 59.6 Å². The highest BCUT2D eigenvalue weighted by Crippen LogP contribution is 2.24. The normalized spacial score (nSPS) is 16.9. The smallest absolute Gasteiger partial charge is 0.321 e. The Balaban J connectivity index is 1.56. The molecule has 0 spiro atoms.